The van der Waals surface area contributed by atoms with Crippen LogP contribution in [0.25, 0.3) is 0 Å². The molecule has 0 amide bonds. The molecular weight excluding hydrogens is 258 g/mol. The molecule has 2 aromatic rings. The second-order valence-electron chi connectivity index (χ2n) is 6.05. The van der Waals surface area contributed by atoms with E-state index in [0.717, 1.165) is 6.54 Å². The van der Waals surface area contributed by atoms with E-state index in [2.05, 4.69) is 35.1 Å². The lowest BCUT2D eigenvalue weighted by atomic mass is 9.99. The Labute approximate surface area is 127 Å². The van der Waals surface area contributed by atoms with Gasteiger partial charge in [-0.3, -0.25) is 4.68 Å². The van der Waals surface area contributed by atoms with Crippen LogP contribution in [0.5, 0.6) is 0 Å². The average molecular weight is 283 g/mol. The summed E-state index contributed by atoms with van der Waals surface area (Å²) in [7, 11) is 0. The van der Waals surface area contributed by atoms with E-state index in [9.17, 15) is 0 Å². The van der Waals surface area contributed by atoms with Gasteiger partial charge in [0.2, 0.25) is 0 Å². The first-order valence-electron chi connectivity index (χ1n) is 8.15. The van der Waals surface area contributed by atoms with Gasteiger partial charge in [-0.1, -0.05) is 17.7 Å². The Balaban J connectivity index is 1.46. The molecule has 3 rings (SSSR count). The predicted octanol–water partition coefficient (Wildman–Crippen LogP) is 3.81. The zero-order valence-corrected chi connectivity index (χ0v) is 13.0. The highest BCUT2D eigenvalue weighted by Gasteiger charge is 2.15. The third-order valence-corrected chi connectivity index (χ3v) is 4.32. The Morgan fingerprint density at radius 1 is 1.14 bits per heavy atom. The molecule has 1 aliphatic heterocycles. The molecule has 0 saturated carbocycles. The van der Waals surface area contributed by atoms with Crippen molar-refractivity contribution in [2.45, 2.75) is 45.6 Å². The van der Waals surface area contributed by atoms with E-state index in [1.54, 1.807) is 0 Å². The minimum absolute atomic E-state index is 1.04. The third kappa shape index (κ3) is 3.66. The average Bonchev–Trinajstić information content (AvgIpc) is 3.00. The van der Waals surface area contributed by atoms with Crippen molar-refractivity contribution in [1.29, 1.82) is 0 Å². The fourth-order valence-electron chi connectivity index (χ4n) is 3.22. The molecule has 0 aliphatic carbocycles. The van der Waals surface area contributed by atoms with Gasteiger partial charge in [0.1, 0.15) is 0 Å². The number of fused-ring (bicyclic) bond motifs is 1. The number of rotatable bonds is 6. The molecule has 0 bridgehead atoms. The zero-order valence-electron chi connectivity index (χ0n) is 13.0. The lowest BCUT2D eigenvalue weighted by Crippen LogP contribution is -2.30. The molecule has 0 radical (unpaired) electrons. The van der Waals surface area contributed by atoms with E-state index in [1.165, 1.54) is 62.0 Å². The number of anilines is 1. The van der Waals surface area contributed by atoms with Gasteiger partial charge in [0, 0.05) is 37.7 Å². The second kappa shape index (κ2) is 6.79. The van der Waals surface area contributed by atoms with Crippen LogP contribution in [0.15, 0.2) is 36.7 Å². The van der Waals surface area contributed by atoms with Gasteiger partial charge < -0.3 is 4.90 Å². The van der Waals surface area contributed by atoms with Crippen LogP contribution in [0.2, 0.25) is 0 Å². The molecule has 2 heterocycles. The standard InChI is InChI=1S/C18H25N3/c1-16-8-9-18-17(15-16)7-5-12-20(18)11-3-2-4-13-21-14-6-10-19-21/h6,8-10,14-15H,2-5,7,11-13H2,1H3. The van der Waals surface area contributed by atoms with Crippen LogP contribution < -0.4 is 4.90 Å². The molecule has 3 heteroatoms. The monoisotopic (exact) mass is 283 g/mol. The highest BCUT2D eigenvalue weighted by atomic mass is 15.3. The maximum absolute atomic E-state index is 4.25. The summed E-state index contributed by atoms with van der Waals surface area (Å²) in [5.41, 5.74) is 4.39. The third-order valence-electron chi connectivity index (χ3n) is 4.32. The van der Waals surface area contributed by atoms with Crippen molar-refractivity contribution in [3.05, 3.63) is 47.8 Å². The van der Waals surface area contributed by atoms with Crippen LogP contribution in [-0.2, 0) is 13.0 Å². The summed E-state index contributed by atoms with van der Waals surface area (Å²) in [4.78, 5) is 2.58. The van der Waals surface area contributed by atoms with Gasteiger partial charge in [-0.05, 0) is 56.7 Å². The maximum atomic E-state index is 4.25. The van der Waals surface area contributed by atoms with Crippen molar-refractivity contribution in [2.24, 2.45) is 0 Å². The molecule has 1 aromatic heterocycles. The molecule has 112 valence electrons. The van der Waals surface area contributed by atoms with Crippen molar-refractivity contribution in [3.8, 4) is 0 Å². The topological polar surface area (TPSA) is 21.1 Å². The number of hydrogen-bond acceptors (Lipinski definition) is 2. The lowest BCUT2D eigenvalue weighted by molar-refractivity contribution is 0.538. The molecule has 1 aliphatic rings. The van der Waals surface area contributed by atoms with E-state index in [-0.39, 0.29) is 0 Å². The zero-order chi connectivity index (χ0) is 14.5. The number of aromatic nitrogens is 2. The van der Waals surface area contributed by atoms with Gasteiger partial charge in [0.25, 0.3) is 0 Å². The first-order valence-corrected chi connectivity index (χ1v) is 8.15. The van der Waals surface area contributed by atoms with Crippen LogP contribution in [0.4, 0.5) is 5.69 Å². The highest BCUT2D eigenvalue weighted by molar-refractivity contribution is 5.56. The van der Waals surface area contributed by atoms with Crippen LogP contribution in [0, 0.1) is 6.92 Å². The van der Waals surface area contributed by atoms with E-state index in [0.29, 0.717) is 0 Å². The van der Waals surface area contributed by atoms with Crippen molar-refractivity contribution in [3.63, 3.8) is 0 Å². The Morgan fingerprint density at radius 3 is 2.90 bits per heavy atom. The van der Waals surface area contributed by atoms with E-state index in [4.69, 9.17) is 0 Å². The van der Waals surface area contributed by atoms with Crippen LogP contribution in [0.1, 0.15) is 36.8 Å². The summed E-state index contributed by atoms with van der Waals surface area (Å²) in [5.74, 6) is 0. The molecule has 3 nitrogen and oxygen atoms in total. The minimum Gasteiger partial charge on any atom is -0.371 e. The summed E-state index contributed by atoms with van der Waals surface area (Å²) >= 11 is 0. The largest absolute Gasteiger partial charge is 0.371 e. The number of unbranched alkanes of at least 4 members (excludes halogenated alkanes) is 2. The normalized spacial score (nSPS) is 14.2. The Bertz CT molecular complexity index is 560. The minimum atomic E-state index is 1.04. The predicted molar refractivity (Wildman–Crippen MR) is 87.8 cm³/mol. The van der Waals surface area contributed by atoms with Gasteiger partial charge in [0.15, 0.2) is 0 Å². The van der Waals surface area contributed by atoms with Gasteiger partial charge >= 0.3 is 0 Å². The van der Waals surface area contributed by atoms with Crippen molar-refractivity contribution in [2.75, 3.05) is 18.0 Å². The van der Waals surface area contributed by atoms with E-state index < -0.39 is 0 Å². The number of nitrogens with zero attached hydrogens (tertiary/aromatic N) is 3. The summed E-state index contributed by atoms with van der Waals surface area (Å²) in [6, 6.07) is 8.91. The Hall–Kier alpha value is -1.77. The highest BCUT2D eigenvalue weighted by Crippen LogP contribution is 2.28. The molecule has 0 fully saturated rings. The Morgan fingerprint density at radius 2 is 2.05 bits per heavy atom. The van der Waals surface area contributed by atoms with Crippen LogP contribution >= 0.6 is 0 Å². The molecule has 0 unspecified atom stereocenters. The molecular formula is C18H25N3. The fraction of sp³-hybridized carbons (Fsp3) is 0.500. The lowest BCUT2D eigenvalue weighted by Gasteiger charge is -2.31. The van der Waals surface area contributed by atoms with Gasteiger partial charge in [-0.15, -0.1) is 0 Å². The first-order chi connectivity index (χ1) is 10.3. The SMILES string of the molecule is Cc1ccc2c(c1)CCCN2CCCCCn1cccn1. The molecule has 21 heavy (non-hydrogen) atoms. The number of aryl methyl sites for hydroxylation is 3. The molecule has 0 atom stereocenters. The summed E-state index contributed by atoms with van der Waals surface area (Å²) in [6.45, 7) is 5.64. The van der Waals surface area contributed by atoms with Crippen molar-refractivity contribution in [1.82, 2.24) is 9.78 Å². The summed E-state index contributed by atoms with van der Waals surface area (Å²) < 4.78 is 2.03. The van der Waals surface area contributed by atoms with Crippen LogP contribution in [-0.4, -0.2) is 22.9 Å². The quantitative estimate of drug-likeness (QED) is 0.752. The molecule has 0 spiro atoms. The van der Waals surface area contributed by atoms with Gasteiger partial charge in [-0.25, -0.2) is 0 Å². The molecule has 0 saturated heterocycles. The summed E-state index contributed by atoms with van der Waals surface area (Å²) in [5, 5.41) is 4.25. The summed E-state index contributed by atoms with van der Waals surface area (Å²) in [6.07, 6.45) is 10.2. The Kier molecular flexibility index (Phi) is 4.59. The number of hydrogen-bond donors (Lipinski definition) is 0. The van der Waals surface area contributed by atoms with E-state index in [1.807, 2.05) is 23.1 Å². The van der Waals surface area contributed by atoms with Gasteiger partial charge in [0.05, 0.1) is 0 Å². The second-order valence-corrected chi connectivity index (χ2v) is 6.05. The van der Waals surface area contributed by atoms with E-state index >= 15 is 0 Å². The first kappa shape index (κ1) is 14.2. The van der Waals surface area contributed by atoms with Crippen molar-refractivity contribution < 1.29 is 0 Å². The smallest absolute Gasteiger partial charge is 0.0489 e. The van der Waals surface area contributed by atoms with Crippen LogP contribution in [0.3, 0.4) is 0 Å². The van der Waals surface area contributed by atoms with Crippen molar-refractivity contribution >= 4 is 5.69 Å². The fourth-order valence-corrected chi connectivity index (χ4v) is 3.22. The maximum Gasteiger partial charge on any atom is 0.0489 e. The molecule has 0 N–H and O–H groups in total. The number of benzene rings is 1. The van der Waals surface area contributed by atoms with Gasteiger partial charge in [-0.2, -0.15) is 5.10 Å². The molecule has 1 aromatic carbocycles.